The van der Waals surface area contributed by atoms with E-state index in [1.165, 1.54) is 0 Å². The van der Waals surface area contributed by atoms with E-state index >= 15 is 0 Å². The third-order valence-electron chi connectivity index (χ3n) is 3.65. The minimum Gasteiger partial charge on any atom is -0.392 e. The first-order valence-corrected chi connectivity index (χ1v) is 5.83. The average Bonchev–Trinajstić information content (AvgIpc) is 2.67. The van der Waals surface area contributed by atoms with E-state index in [4.69, 9.17) is 9.47 Å². The Bertz CT molecular complexity index is 204. The van der Waals surface area contributed by atoms with Crippen LogP contribution in [0.25, 0.3) is 0 Å². The molecule has 2 heterocycles. The van der Waals surface area contributed by atoms with Crippen molar-refractivity contribution < 1.29 is 14.6 Å². The van der Waals surface area contributed by atoms with Crippen molar-refractivity contribution in [3.8, 4) is 0 Å². The van der Waals surface area contributed by atoms with Crippen LogP contribution < -0.4 is 0 Å². The maximum atomic E-state index is 9.53. The summed E-state index contributed by atoms with van der Waals surface area (Å²) in [6, 6.07) is 0.226. The number of rotatable bonds is 2. The Balaban J connectivity index is 1.86. The number of likely N-dealkylation sites (tertiary alicyclic amines) is 1. The van der Waals surface area contributed by atoms with Crippen LogP contribution in [0, 0.1) is 0 Å². The molecule has 1 N–H and O–H groups in total. The molecule has 0 aromatic rings. The summed E-state index contributed by atoms with van der Waals surface area (Å²) >= 11 is 0. The molecule has 0 aliphatic carbocycles. The molecule has 0 amide bonds. The predicted octanol–water partition coefficient (Wildman–Crippen LogP) is 0.595. The monoisotopic (exact) mass is 215 g/mol. The van der Waals surface area contributed by atoms with Crippen molar-refractivity contribution in [2.24, 2.45) is 0 Å². The Hall–Kier alpha value is -0.160. The summed E-state index contributed by atoms with van der Waals surface area (Å²) in [4.78, 5) is 2.31. The molecule has 88 valence electrons. The maximum Gasteiger partial charge on any atom is 0.170 e. The Morgan fingerprint density at radius 3 is 2.13 bits per heavy atom. The van der Waals surface area contributed by atoms with Crippen LogP contribution in [-0.4, -0.2) is 54.2 Å². The number of hydrogen-bond acceptors (Lipinski definition) is 4. The van der Waals surface area contributed by atoms with Crippen LogP contribution in [0.3, 0.4) is 0 Å². The fraction of sp³-hybridized carbons (Fsp3) is 1.00. The van der Waals surface area contributed by atoms with Crippen molar-refractivity contribution in [1.82, 2.24) is 4.90 Å². The van der Waals surface area contributed by atoms with E-state index in [0.29, 0.717) is 0 Å². The van der Waals surface area contributed by atoms with Gasteiger partial charge in [-0.25, -0.2) is 0 Å². The third-order valence-corrected chi connectivity index (χ3v) is 3.65. The van der Waals surface area contributed by atoms with Gasteiger partial charge < -0.3 is 14.6 Å². The van der Waals surface area contributed by atoms with Gasteiger partial charge in [0.15, 0.2) is 5.79 Å². The largest absolute Gasteiger partial charge is 0.392 e. The highest BCUT2D eigenvalue weighted by atomic mass is 16.7. The molecule has 0 aromatic heterocycles. The smallest absolute Gasteiger partial charge is 0.170 e. The summed E-state index contributed by atoms with van der Waals surface area (Å²) in [7, 11) is 0. The van der Waals surface area contributed by atoms with Crippen LogP contribution in [0.15, 0.2) is 0 Å². The standard InChI is InChI=1S/C11H21NO3/c1-9(10(2)13)12-5-3-11(4-6-12)14-7-8-15-11/h9-10,13H,3-8H2,1-2H3. The zero-order valence-electron chi connectivity index (χ0n) is 9.61. The molecule has 0 aromatic carbocycles. The van der Waals surface area contributed by atoms with Crippen molar-refractivity contribution in [1.29, 1.82) is 0 Å². The topological polar surface area (TPSA) is 41.9 Å². The minimum absolute atomic E-state index is 0.226. The van der Waals surface area contributed by atoms with Crippen LogP contribution >= 0.6 is 0 Å². The van der Waals surface area contributed by atoms with Crippen molar-refractivity contribution in [3.63, 3.8) is 0 Å². The van der Waals surface area contributed by atoms with Crippen LogP contribution in [0.4, 0.5) is 0 Å². The Morgan fingerprint density at radius 2 is 1.67 bits per heavy atom. The highest BCUT2D eigenvalue weighted by Crippen LogP contribution is 2.32. The van der Waals surface area contributed by atoms with Crippen LogP contribution in [0.2, 0.25) is 0 Å². The highest BCUT2D eigenvalue weighted by Gasteiger charge is 2.40. The number of hydrogen-bond donors (Lipinski definition) is 1. The fourth-order valence-corrected chi connectivity index (χ4v) is 2.36. The van der Waals surface area contributed by atoms with Gasteiger partial charge in [0.2, 0.25) is 0 Å². The first-order chi connectivity index (χ1) is 7.13. The van der Waals surface area contributed by atoms with E-state index in [9.17, 15) is 5.11 Å². The van der Waals surface area contributed by atoms with Crippen LogP contribution in [0.5, 0.6) is 0 Å². The zero-order chi connectivity index (χ0) is 10.9. The average molecular weight is 215 g/mol. The minimum atomic E-state index is -0.297. The van der Waals surface area contributed by atoms with Gasteiger partial charge in [-0.1, -0.05) is 0 Å². The Kier molecular flexibility index (Phi) is 3.30. The van der Waals surface area contributed by atoms with E-state index in [1.807, 2.05) is 6.92 Å². The lowest BCUT2D eigenvalue weighted by Crippen LogP contribution is -2.50. The van der Waals surface area contributed by atoms with Gasteiger partial charge in [0.1, 0.15) is 0 Å². The normalized spacial score (nSPS) is 30.6. The van der Waals surface area contributed by atoms with Crippen LogP contribution in [0.1, 0.15) is 26.7 Å². The molecule has 2 aliphatic heterocycles. The maximum absolute atomic E-state index is 9.53. The van der Waals surface area contributed by atoms with Crippen molar-refractivity contribution in [2.45, 2.75) is 44.6 Å². The molecule has 2 rings (SSSR count). The first kappa shape index (κ1) is 11.3. The lowest BCUT2D eigenvalue weighted by molar-refractivity contribution is -0.189. The molecule has 15 heavy (non-hydrogen) atoms. The van der Waals surface area contributed by atoms with Gasteiger partial charge in [0.05, 0.1) is 19.3 Å². The van der Waals surface area contributed by atoms with E-state index in [-0.39, 0.29) is 17.9 Å². The molecular formula is C11H21NO3. The fourth-order valence-electron chi connectivity index (χ4n) is 2.36. The van der Waals surface area contributed by atoms with Crippen molar-refractivity contribution in [3.05, 3.63) is 0 Å². The molecule has 2 unspecified atom stereocenters. The van der Waals surface area contributed by atoms with E-state index in [2.05, 4.69) is 11.8 Å². The van der Waals surface area contributed by atoms with Gasteiger partial charge in [-0.15, -0.1) is 0 Å². The number of ether oxygens (including phenoxy) is 2. The lowest BCUT2D eigenvalue weighted by Gasteiger charge is -2.41. The second-order valence-corrected chi connectivity index (χ2v) is 4.62. The summed E-state index contributed by atoms with van der Waals surface area (Å²) in [5.41, 5.74) is 0. The molecule has 2 aliphatic rings. The predicted molar refractivity (Wildman–Crippen MR) is 56.6 cm³/mol. The number of aliphatic hydroxyl groups is 1. The van der Waals surface area contributed by atoms with E-state index in [0.717, 1.165) is 39.1 Å². The number of nitrogens with zero attached hydrogens (tertiary/aromatic N) is 1. The molecule has 0 bridgehead atoms. The van der Waals surface area contributed by atoms with Crippen molar-refractivity contribution >= 4 is 0 Å². The van der Waals surface area contributed by atoms with Crippen molar-refractivity contribution in [2.75, 3.05) is 26.3 Å². The molecule has 0 radical (unpaired) electrons. The molecule has 2 saturated heterocycles. The van der Waals surface area contributed by atoms with Gasteiger partial charge in [-0.05, 0) is 13.8 Å². The number of aliphatic hydroxyl groups excluding tert-OH is 1. The van der Waals surface area contributed by atoms with Gasteiger partial charge in [-0.3, -0.25) is 4.90 Å². The summed E-state index contributed by atoms with van der Waals surface area (Å²) in [6.07, 6.45) is 1.57. The molecule has 2 atom stereocenters. The molecule has 2 fully saturated rings. The second-order valence-electron chi connectivity index (χ2n) is 4.62. The molecule has 1 spiro atoms. The second kappa shape index (κ2) is 4.37. The van der Waals surface area contributed by atoms with Gasteiger partial charge in [0, 0.05) is 32.0 Å². The zero-order valence-corrected chi connectivity index (χ0v) is 9.61. The summed E-state index contributed by atoms with van der Waals surface area (Å²) in [5, 5.41) is 9.53. The summed E-state index contributed by atoms with van der Waals surface area (Å²) in [6.45, 7) is 7.27. The molecular weight excluding hydrogens is 194 g/mol. The summed E-state index contributed by atoms with van der Waals surface area (Å²) < 4.78 is 11.3. The third kappa shape index (κ3) is 2.33. The van der Waals surface area contributed by atoms with Gasteiger partial charge in [0.25, 0.3) is 0 Å². The van der Waals surface area contributed by atoms with E-state index in [1.54, 1.807) is 0 Å². The highest BCUT2D eigenvalue weighted by molar-refractivity contribution is 4.85. The first-order valence-electron chi connectivity index (χ1n) is 5.83. The molecule has 0 saturated carbocycles. The Morgan fingerprint density at radius 1 is 1.13 bits per heavy atom. The Labute approximate surface area is 91.2 Å². The summed E-state index contributed by atoms with van der Waals surface area (Å²) in [5.74, 6) is -0.297. The molecule has 4 nitrogen and oxygen atoms in total. The number of piperidine rings is 1. The molecule has 4 heteroatoms. The van der Waals surface area contributed by atoms with Gasteiger partial charge >= 0.3 is 0 Å². The SMILES string of the molecule is CC(O)C(C)N1CCC2(CC1)OCCO2. The lowest BCUT2D eigenvalue weighted by atomic mass is 10.0. The van der Waals surface area contributed by atoms with Crippen LogP contribution in [-0.2, 0) is 9.47 Å². The van der Waals surface area contributed by atoms with Gasteiger partial charge in [-0.2, -0.15) is 0 Å². The quantitative estimate of drug-likeness (QED) is 0.732. The van der Waals surface area contributed by atoms with E-state index < -0.39 is 0 Å².